The van der Waals surface area contributed by atoms with Crippen molar-refractivity contribution in [3.05, 3.63) is 29.8 Å². The molecule has 0 radical (unpaired) electrons. The van der Waals surface area contributed by atoms with Crippen LogP contribution in [0.25, 0.3) is 0 Å². The zero-order valence-corrected chi connectivity index (χ0v) is 11.9. The maximum absolute atomic E-state index is 11.6. The number of hydrogen-bond donors (Lipinski definition) is 2. The lowest BCUT2D eigenvalue weighted by Crippen LogP contribution is -2.39. The molecule has 1 rings (SSSR count). The molecule has 0 saturated heterocycles. The number of benzene rings is 1. The molecule has 0 aromatic heterocycles. The molecular weight excluding hydrogens is 258 g/mol. The second-order valence-corrected chi connectivity index (χ2v) is 4.29. The van der Waals surface area contributed by atoms with Gasteiger partial charge in [0.05, 0.1) is 6.54 Å². The first-order valence-electron chi connectivity index (χ1n) is 6.50. The van der Waals surface area contributed by atoms with Crippen LogP contribution in [0.2, 0.25) is 0 Å². The van der Waals surface area contributed by atoms with Gasteiger partial charge in [-0.25, -0.2) is 0 Å². The number of hydrogen-bond acceptors (Lipinski definition) is 4. The van der Waals surface area contributed by atoms with Crippen molar-refractivity contribution in [3.8, 4) is 5.75 Å². The molecule has 0 saturated carbocycles. The summed E-state index contributed by atoms with van der Waals surface area (Å²) >= 11 is 0. The van der Waals surface area contributed by atoms with Crippen LogP contribution in [0, 0.1) is 0 Å². The standard InChI is InChI=1S/C14H21N3O3/c1-3-17(2)14(19)9-16-13(18)10-20-12-7-5-4-6-11(12)8-15/h4-7H,3,8-10,15H2,1-2H3,(H,16,18). The molecule has 0 aliphatic heterocycles. The molecule has 2 amide bonds. The van der Waals surface area contributed by atoms with Crippen LogP contribution in [0.1, 0.15) is 12.5 Å². The Bertz CT molecular complexity index is 463. The van der Waals surface area contributed by atoms with E-state index >= 15 is 0 Å². The summed E-state index contributed by atoms with van der Waals surface area (Å²) in [5.41, 5.74) is 6.41. The molecule has 0 aliphatic carbocycles. The van der Waals surface area contributed by atoms with E-state index < -0.39 is 0 Å². The van der Waals surface area contributed by atoms with Gasteiger partial charge in [-0.3, -0.25) is 9.59 Å². The van der Waals surface area contributed by atoms with E-state index in [-0.39, 0.29) is 25.0 Å². The number of ether oxygens (including phenoxy) is 1. The first-order valence-corrected chi connectivity index (χ1v) is 6.50. The number of para-hydroxylation sites is 1. The highest BCUT2D eigenvalue weighted by Crippen LogP contribution is 2.16. The summed E-state index contributed by atoms with van der Waals surface area (Å²) in [6.07, 6.45) is 0. The number of likely N-dealkylation sites (N-methyl/N-ethyl adjacent to an activating group) is 1. The van der Waals surface area contributed by atoms with Gasteiger partial charge < -0.3 is 20.7 Å². The van der Waals surface area contributed by atoms with E-state index in [0.29, 0.717) is 18.8 Å². The molecule has 6 heteroatoms. The smallest absolute Gasteiger partial charge is 0.258 e. The minimum Gasteiger partial charge on any atom is -0.483 e. The third-order valence-corrected chi connectivity index (χ3v) is 2.89. The van der Waals surface area contributed by atoms with Crippen LogP contribution in [-0.2, 0) is 16.1 Å². The van der Waals surface area contributed by atoms with Crippen molar-refractivity contribution in [2.75, 3.05) is 26.7 Å². The van der Waals surface area contributed by atoms with E-state index in [1.165, 1.54) is 4.90 Å². The van der Waals surface area contributed by atoms with Gasteiger partial charge >= 0.3 is 0 Å². The molecule has 1 aromatic rings. The Hall–Kier alpha value is -2.08. The van der Waals surface area contributed by atoms with E-state index in [2.05, 4.69) is 5.32 Å². The molecule has 0 heterocycles. The van der Waals surface area contributed by atoms with E-state index in [0.717, 1.165) is 5.56 Å². The predicted octanol–water partition coefficient (Wildman–Crippen LogP) is 0.119. The Morgan fingerprint density at radius 2 is 2.05 bits per heavy atom. The minimum absolute atomic E-state index is 0.0227. The molecule has 20 heavy (non-hydrogen) atoms. The Balaban J connectivity index is 2.38. The summed E-state index contributed by atoms with van der Waals surface area (Å²) in [5, 5.41) is 2.52. The van der Waals surface area contributed by atoms with Gasteiger partial charge in [-0.1, -0.05) is 18.2 Å². The van der Waals surface area contributed by atoms with Crippen molar-refractivity contribution in [2.45, 2.75) is 13.5 Å². The summed E-state index contributed by atoms with van der Waals surface area (Å²) in [6, 6.07) is 7.26. The fourth-order valence-corrected chi connectivity index (χ4v) is 1.49. The second kappa shape index (κ2) is 8.16. The first kappa shape index (κ1) is 16.0. The maximum Gasteiger partial charge on any atom is 0.258 e. The molecule has 0 aliphatic rings. The molecular formula is C14H21N3O3. The van der Waals surface area contributed by atoms with Gasteiger partial charge in [0, 0.05) is 25.7 Å². The normalized spacial score (nSPS) is 9.95. The van der Waals surface area contributed by atoms with Gasteiger partial charge in [0.15, 0.2) is 6.61 Å². The fraction of sp³-hybridized carbons (Fsp3) is 0.429. The molecule has 3 N–H and O–H groups in total. The molecule has 110 valence electrons. The fourth-order valence-electron chi connectivity index (χ4n) is 1.49. The lowest BCUT2D eigenvalue weighted by molar-refractivity contribution is -0.132. The Morgan fingerprint density at radius 1 is 1.35 bits per heavy atom. The highest BCUT2D eigenvalue weighted by atomic mass is 16.5. The van der Waals surface area contributed by atoms with Crippen molar-refractivity contribution < 1.29 is 14.3 Å². The largest absolute Gasteiger partial charge is 0.483 e. The average Bonchev–Trinajstić information content (AvgIpc) is 2.49. The van der Waals surface area contributed by atoms with E-state index in [1.54, 1.807) is 13.1 Å². The Morgan fingerprint density at radius 3 is 2.70 bits per heavy atom. The van der Waals surface area contributed by atoms with Gasteiger partial charge in [-0.05, 0) is 13.0 Å². The number of carbonyl (C=O) groups excluding carboxylic acids is 2. The number of nitrogens with two attached hydrogens (primary N) is 1. The molecule has 6 nitrogen and oxygen atoms in total. The highest BCUT2D eigenvalue weighted by molar-refractivity contribution is 5.85. The van der Waals surface area contributed by atoms with Gasteiger partial charge in [0.2, 0.25) is 5.91 Å². The van der Waals surface area contributed by atoms with Gasteiger partial charge in [-0.2, -0.15) is 0 Å². The van der Waals surface area contributed by atoms with Crippen molar-refractivity contribution >= 4 is 11.8 Å². The van der Waals surface area contributed by atoms with Crippen molar-refractivity contribution in [2.24, 2.45) is 5.73 Å². The molecule has 0 unspecified atom stereocenters. The number of nitrogens with one attached hydrogen (secondary N) is 1. The number of amides is 2. The van der Waals surface area contributed by atoms with Gasteiger partial charge in [-0.15, -0.1) is 0 Å². The highest BCUT2D eigenvalue weighted by Gasteiger charge is 2.10. The summed E-state index contributed by atoms with van der Waals surface area (Å²) in [7, 11) is 1.68. The van der Waals surface area contributed by atoms with Crippen molar-refractivity contribution in [1.82, 2.24) is 10.2 Å². The zero-order valence-electron chi connectivity index (χ0n) is 11.9. The minimum atomic E-state index is -0.338. The van der Waals surface area contributed by atoms with E-state index in [4.69, 9.17) is 10.5 Å². The number of rotatable bonds is 7. The maximum atomic E-state index is 11.6. The van der Waals surface area contributed by atoms with Crippen LogP contribution in [-0.4, -0.2) is 43.5 Å². The average molecular weight is 279 g/mol. The number of carbonyl (C=O) groups is 2. The van der Waals surface area contributed by atoms with E-state index in [9.17, 15) is 9.59 Å². The Labute approximate surface area is 118 Å². The first-order chi connectivity index (χ1) is 9.58. The third-order valence-electron chi connectivity index (χ3n) is 2.89. The van der Waals surface area contributed by atoms with Crippen molar-refractivity contribution in [1.29, 1.82) is 0 Å². The Kier molecular flexibility index (Phi) is 6.52. The molecule has 0 fully saturated rings. The van der Waals surface area contributed by atoms with Crippen LogP contribution in [0.3, 0.4) is 0 Å². The topological polar surface area (TPSA) is 84.7 Å². The van der Waals surface area contributed by atoms with Crippen LogP contribution >= 0.6 is 0 Å². The van der Waals surface area contributed by atoms with Crippen molar-refractivity contribution in [3.63, 3.8) is 0 Å². The zero-order chi connectivity index (χ0) is 15.0. The quantitative estimate of drug-likeness (QED) is 0.742. The van der Waals surface area contributed by atoms with Crippen LogP contribution in [0.4, 0.5) is 0 Å². The molecule has 0 atom stereocenters. The van der Waals surface area contributed by atoms with Crippen LogP contribution < -0.4 is 15.8 Å². The summed E-state index contributed by atoms with van der Waals surface area (Å²) in [5.74, 6) is 0.111. The summed E-state index contributed by atoms with van der Waals surface area (Å²) in [6.45, 7) is 2.66. The number of nitrogens with zero attached hydrogens (tertiary/aromatic N) is 1. The lowest BCUT2D eigenvalue weighted by atomic mass is 10.2. The summed E-state index contributed by atoms with van der Waals surface area (Å²) in [4.78, 5) is 24.6. The second-order valence-electron chi connectivity index (χ2n) is 4.29. The monoisotopic (exact) mass is 279 g/mol. The van der Waals surface area contributed by atoms with Gasteiger partial charge in [0.1, 0.15) is 5.75 Å². The lowest BCUT2D eigenvalue weighted by Gasteiger charge is -2.15. The molecule has 0 bridgehead atoms. The van der Waals surface area contributed by atoms with Crippen LogP contribution in [0.5, 0.6) is 5.75 Å². The molecule has 0 spiro atoms. The predicted molar refractivity (Wildman–Crippen MR) is 76.1 cm³/mol. The summed E-state index contributed by atoms with van der Waals surface area (Å²) < 4.78 is 5.39. The third kappa shape index (κ3) is 4.89. The van der Waals surface area contributed by atoms with Crippen LogP contribution in [0.15, 0.2) is 24.3 Å². The van der Waals surface area contributed by atoms with E-state index in [1.807, 2.05) is 25.1 Å². The van der Waals surface area contributed by atoms with Gasteiger partial charge in [0.25, 0.3) is 5.91 Å². The SMILES string of the molecule is CCN(C)C(=O)CNC(=O)COc1ccccc1CN. The molecule has 1 aromatic carbocycles.